The van der Waals surface area contributed by atoms with E-state index in [1.165, 1.54) is 17.6 Å². The van der Waals surface area contributed by atoms with Gasteiger partial charge < -0.3 is 9.15 Å². The zero-order valence-corrected chi connectivity index (χ0v) is 12.8. The van der Waals surface area contributed by atoms with E-state index >= 15 is 0 Å². The van der Waals surface area contributed by atoms with Crippen LogP contribution in [0.2, 0.25) is 0 Å². The lowest BCUT2D eigenvalue weighted by Gasteiger charge is -2.07. The molecule has 21 heavy (non-hydrogen) atoms. The number of ether oxygens (including phenoxy) is 1. The van der Waals surface area contributed by atoms with Gasteiger partial charge in [0.1, 0.15) is 0 Å². The SMILES string of the molecule is CCOC(=O)C1CCc2c1sc(C)c2C(=O)c1ccco1. The Bertz CT molecular complexity index is 681. The topological polar surface area (TPSA) is 56.5 Å². The highest BCUT2D eigenvalue weighted by Gasteiger charge is 2.36. The van der Waals surface area contributed by atoms with Crippen LogP contribution in [0.1, 0.15) is 50.7 Å². The third-order valence-electron chi connectivity index (χ3n) is 3.76. The number of carbonyl (C=O) groups excluding carboxylic acids is 2. The maximum atomic E-state index is 12.5. The summed E-state index contributed by atoms with van der Waals surface area (Å²) in [6.45, 7) is 4.11. The van der Waals surface area contributed by atoms with Crippen molar-refractivity contribution in [2.45, 2.75) is 32.6 Å². The zero-order valence-electron chi connectivity index (χ0n) is 12.0. The van der Waals surface area contributed by atoms with E-state index in [9.17, 15) is 9.59 Å². The minimum atomic E-state index is -0.221. The number of rotatable bonds is 4. The average Bonchev–Trinajstić information content (AvgIpc) is 3.13. The standard InChI is InChI=1S/C16H16O4S/c1-3-19-16(18)11-7-6-10-13(9(2)21-15(10)11)14(17)12-5-4-8-20-12/h4-5,8,11H,3,6-7H2,1-2H3. The number of thiophene rings is 1. The van der Waals surface area contributed by atoms with Gasteiger partial charge in [0.2, 0.25) is 5.78 Å². The molecular weight excluding hydrogens is 288 g/mol. The van der Waals surface area contributed by atoms with Gasteiger partial charge in [-0.05, 0) is 44.4 Å². The van der Waals surface area contributed by atoms with Gasteiger partial charge in [-0.25, -0.2) is 0 Å². The van der Waals surface area contributed by atoms with Crippen molar-refractivity contribution in [3.05, 3.63) is 45.0 Å². The van der Waals surface area contributed by atoms with Crippen molar-refractivity contribution in [3.63, 3.8) is 0 Å². The van der Waals surface area contributed by atoms with Crippen LogP contribution in [0.3, 0.4) is 0 Å². The second-order valence-electron chi connectivity index (χ2n) is 5.03. The molecule has 0 fully saturated rings. The summed E-state index contributed by atoms with van der Waals surface area (Å²) in [7, 11) is 0. The summed E-state index contributed by atoms with van der Waals surface area (Å²) < 4.78 is 10.3. The van der Waals surface area contributed by atoms with Crippen molar-refractivity contribution in [1.82, 2.24) is 0 Å². The molecule has 2 heterocycles. The third kappa shape index (κ3) is 2.31. The second kappa shape index (κ2) is 5.48. The molecule has 0 aliphatic heterocycles. The summed E-state index contributed by atoms with van der Waals surface area (Å²) in [5, 5.41) is 0. The highest BCUT2D eigenvalue weighted by Crippen LogP contribution is 2.43. The summed E-state index contributed by atoms with van der Waals surface area (Å²) in [6, 6.07) is 3.38. The van der Waals surface area contributed by atoms with Gasteiger partial charge in [-0.15, -0.1) is 11.3 Å². The molecule has 0 spiro atoms. The zero-order chi connectivity index (χ0) is 15.0. The summed E-state index contributed by atoms with van der Waals surface area (Å²) >= 11 is 1.53. The van der Waals surface area contributed by atoms with Crippen molar-refractivity contribution < 1.29 is 18.7 Å². The smallest absolute Gasteiger partial charge is 0.314 e. The van der Waals surface area contributed by atoms with Crippen molar-refractivity contribution >= 4 is 23.1 Å². The lowest BCUT2D eigenvalue weighted by molar-refractivity contribution is -0.144. The van der Waals surface area contributed by atoms with E-state index in [1.807, 2.05) is 6.92 Å². The fourth-order valence-corrected chi connectivity index (χ4v) is 4.19. The monoisotopic (exact) mass is 304 g/mol. The normalized spacial score (nSPS) is 16.8. The lowest BCUT2D eigenvalue weighted by atomic mass is 10.0. The quantitative estimate of drug-likeness (QED) is 0.641. The van der Waals surface area contributed by atoms with Gasteiger partial charge in [0.05, 0.1) is 18.8 Å². The van der Waals surface area contributed by atoms with Crippen LogP contribution in [0.25, 0.3) is 0 Å². The van der Waals surface area contributed by atoms with Crippen LogP contribution in [0, 0.1) is 6.92 Å². The van der Waals surface area contributed by atoms with Crippen LogP contribution in [0.15, 0.2) is 22.8 Å². The summed E-state index contributed by atoms with van der Waals surface area (Å²) in [5.41, 5.74) is 1.70. The van der Waals surface area contributed by atoms with E-state index in [4.69, 9.17) is 9.15 Å². The molecule has 0 radical (unpaired) electrons. The first-order valence-electron chi connectivity index (χ1n) is 7.00. The Labute approximate surface area is 126 Å². The van der Waals surface area contributed by atoms with Crippen LogP contribution in [-0.4, -0.2) is 18.4 Å². The molecule has 2 aromatic heterocycles. The molecule has 0 bridgehead atoms. The lowest BCUT2D eigenvalue weighted by Crippen LogP contribution is -2.12. The maximum absolute atomic E-state index is 12.5. The molecular formula is C16H16O4S. The van der Waals surface area contributed by atoms with Crippen LogP contribution >= 0.6 is 11.3 Å². The molecule has 3 rings (SSSR count). The molecule has 1 unspecified atom stereocenters. The van der Waals surface area contributed by atoms with E-state index in [2.05, 4.69) is 0 Å². The maximum Gasteiger partial charge on any atom is 0.314 e. The van der Waals surface area contributed by atoms with Crippen molar-refractivity contribution in [3.8, 4) is 0 Å². The molecule has 0 saturated heterocycles. The van der Waals surface area contributed by atoms with E-state index in [1.54, 1.807) is 19.1 Å². The molecule has 1 aliphatic carbocycles. The number of fused-ring (bicyclic) bond motifs is 1. The van der Waals surface area contributed by atoms with Crippen LogP contribution in [-0.2, 0) is 16.0 Å². The number of aryl methyl sites for hydroxylation is 1. The molecule has 0 N–H and O–H groups in total. The van der Waals surface area contributed by atoms with Gasteiger partial charge in [-0.1, -0.05) is 0 Å². The van der Waals surface area contributed by atoms with Gasteiger partial charge in [0, 0.05) is 15.3 Å². The minimum Gasteiger partial charge on any atom is -0.465 e. The molecule has 0 aromatic carbocycles. The van der Waals surface area contributed by atoms with Crippen LogP contribution < -0.4 is 0 Å². The van der Waals surface area contributed by atoms with Crippen molar-refractivity contribution in [2.24, 2.45) is 0 Å². The Kier molecular flexibility index (Phi) is 3.68. The predicted molar refractivity (Wildman–Crippen MR) is 78.9 cm³/mol. The fourth-order valence-electron chi connectivity index (χ4n) is 2.86. The Morgan fingerprint density at radius 3 is 2.95 bits per heavy atom. The molecule has 110 valence electrons. The van der Waals surface area contributed by atoms with E-state index < -0.39 is 0 Å². The van der Waals surface area contributed by atoms with Crippen molar-refractivity contribution in [2.75, 3.05) is 6.61 Å². The van der Waals surface area contributed by atoms with E-state index in [0.29, 0.717) is 17.9 Å². The molecule has 0 saturated carbocycles. The Morgan fingerprint density at radius 2 is 2.29 bits per heavy atom. The van der Waals surface area contributed by atoms with Crippen LogP contribution in [0.4, 0.5) is 0 Å². The molecule has 4 nitrogen and oxygen atoms in total. The molecule has 1 atom stereocenters. The van der Waals surface area contributed by atoms with Gasteiger partial charge in [-0.3, -0.25) is 9.59 Å². The minimum absolute atomic E-state index is 0.0977. The number of hydrogen-bond acceptors (Lipinski definition) is 5. The van der Waals surface area contributed by atoms with E-state index in [-0.39, 0.29) is 17.7 Å². The Balaban J connectivity index is 1.97. The number of esters is 1. The first kappa shape index (κ1) is 14.1. The van der Waals surface area contributed by atoms with Gasteiger partial charge in [0.25, 0.3) is 0 Å². The summed E-state index contributed by atoms with van der Waals surface area (Å²) in [4.78, 5) is 26.5. The van der Waals surface area contributed by atoms with Gasteiger partial charge in [-0.2, -0.15) is 0 Å². The first-order valence-corrected chi connectivity index (χ1v) is 7.82. The highest BCUT2D eigenvalue weighted by molar-refractivity contribution is 7.12. The summed E-state index contributed by atoms with van der Waals surface area (Å²) in [6.07, 6.45) is 2.96. The molecule has 1 aliphatic rings. The van der Waals surface area contributed by atoms with Crippen molar-refractivity contribution in [1.29, 1.82) is 0 Å². The predicted octanol–water partition coefficient (Wildman–Crippen LogP) is 3.47. The number of hydrogen-bond donors (Lipinski definition) is 0. The van der Waals surface area contributed by atoms with Crippen LogP contribution in [0.5, 0.6) is 0 Å². The second-order valence-corrected chi connectivity index (χ2v) is 6.28. The Morgan fingerprint density at radius 1 is 1.48 bits per heavy atom. The molecule has 5 heteroatoms. The summed E-state index contributed by atoms with van der Waals surface area (Å²) in [5.74, 6) is -0.158. The molecule has 2 aromatic rings. The number of carbonyl (C=O) groups is 2. The fraction of sp³-hybridized carbons (Fsp3) is 0.375. The molecule has 0 amide bonds. The Hall–Kier alpha value is -1.88. The van der Waals surface area contributed by atoms with E-state index in [0.717, 1.165) is 28.2 Å². The third-order valence-corrected chi connectivity index (χ3v) is 5.02. The van der Waals surface area contributed by atoms with Gasteiger partial charge >= 0.3 is 5.97 Å². The average molecular weight is 304 g/mol. The first-order chi connectivity index (χ1) is 10.1. The largest absolute Gasteiger partial charge is 0.465 e. The number of furan rings is 1. The number of ketones is 1. The highest BCUT2D eigenvalue weighted by atomic mass is 32.1. The van der Waals surface area contributed by atoms with Gasteiger partial charge in [0.15, 0.2) is 5.76 Å².